The van der Waals surface area contributed by atoms with Gasteiger partial charge in [0, 0.05) is 25.7 Å². The average molecular weight is 409 g/mol. The van der Waals surface area contributed by atoms with Gasteiger partial charge in [0.15, 0.2) is 11.2 Å². The third-order valence-electron chi connectivity index (χ3n) is 5.52. The Morgan fingerprint density at radius 1 is 1.10 bits per heavy atom. The quantitative estimate of drug-likeness (QED) is 0.516. The molecule has 1 aromatic carbocycles. The Labute approximate surface area is 170 Å². The molecule has 0 unspecified atom stereocenters. The minimum Gasteiger partial charge on any atom is -0.467 e. The van der Waals surface area contributed by atoms with Gasteiger partial charge in [0.2, 0.25) is 5.95 Å². The van der Waals surface area contributed by atoms with E-state index in [-0.39, 0.29) is 12.1 Å². The Balaban J connectivity index is 1.66. The molecule has 8 nitrogen and oxygen atoms in total. The Bertz CT molecular complexity index is 1350. The second kappa shape index (κ2) is 7.01. The summed E-state index contributed by atoms with van der Waals surface area (Å²) in [5, 5.41) is 0. The summed E-state index contributed by atoms with van der Waals surface area (Å²) in [5.41, 5.74) is -0.0173. The molecule has 4 heterocycles. The molecule has 4 aromatic rings. The molecule has 0 spiro atoms. The number of rotatable bonds is 4. The van der Waals surface area contributed by atoms with Crippen molar-refractivity contribution in [3.63, 3.8) is 0 Å². The summed E-state index contributed by atoms with van der Waals surface area (Å²) in [4.78, 5) is 32.9. The highest BCUT2D eigenvalue weighted by molar-refractivity contribution is 5.75. The molecule has 0 bridgehead atoms. The van der Waals surface area contributed by atoms with Gasteiger partial charge in [-0.05, 0) is 24.6 Å². The predicted octanol–water partition coefficient (Wildman–Crippen LogP) is 2.09. The van der Waals surface area contributed by atoms with Crippen LogP contribution in [0.5, 0.6) is 0 Å². The second-order valence-corrected chi connectivity index (χ2v) is 7.41. The van der Waals surface area contributed by atoms with Gasteiger partial charge < -0.3 is 13.9 Å². The summed E-state index contributed by atoms with van der Waals surface area (Å²) in [6.07, 6.45) is 2.45. The number of hydrogen-bond acceptors (Lipinski definition) is 5. The Morgan fingerprint density at radius 2 is 1.93 bits per heavy atom. The lowest BCUT2D eigenvalue weighted by Crippen LogP contribution is -2.40. The van der Waals surface area contributed by atoms with Crippen LogP contribution in [-0.2, 0) is 26.7 Å². The van der Waals surface area contributed by atoms with Gasteiger partial charge in [-0.15, -0.1) is 0 Å². The molecule has 154 valence electrons. The first-order chi connectivity index (χ1) is 14.5. The summed E-state index contributed by atoms with van der Waals surface area (Å²) < 4.78 is 23.9. The van der Waals surface area contributed by atoms with Crippen LogP contribution in [0.15, 0.2) is 56.7 Å². The van der Waals surface area contributed by atoms with E-state index >= 15 is 0 Å². The van der Waals surface area contributed by atoms with Crippen molar-refractivity contribution in [2.24, 2.45) is 7.05 Å². The molecule has 0 saturated heterocycles. The summed E-state index contributed by atoms with van der Waals surface area (Å²) in [6, 6.07) is 9.86. The summed E-state index contributed by atoms with van der Waals surface area (Å²) >= 11 is 0. The van der Waals surface area contributed by atoms with Crippen molar-refractivity contribution in [2.45, 2.75) is 26.1 Å². The van der Waals surface area contributed by atoms with Crippen LogP contribution in [0.3, 0.4) is 0 Å². The molecule has 30 heavy (non-hydrogen) atoms. The van der Waals surface area contributed by atoms with E-state index < -0.39 is 17.1 Å². The number of aromatic nitrogens is 4. The highest BCUT2D eigenvalue weighted by Gasteiger charge is 2.26. The first-order valence-electron chi connectivity index (χ1n) is 9.75. The van der Waals surface area contributed by atoms with Crippen molar-refractivity contribution >= 4 is 17.1 Å². The smallest absolute Gasteiger partial charge is 0.332 e. The number of furan rings is 1. The Hall–Kier alpha value is -3.62. The minimum absolute atomic E-state index is 0.134. The van der Waals surface area contributed by atoms with E-state index in [1.54, 1.807) is 31.5 Å². The predicted molar refractivity (Wildman–Crippen MR) is 109 cm³/mol. The van der Waals surface area contributed by atoms with E-state index in [2.05, 4.69) is 4.98 Å². The van der Waals surface area contributed by atoms with Crippen molar-refractivity contribution in [3.8, 4) is 0 Å². The van der Waals surface area contributed by atoms with Crippen LogP contribution < -0.4 is 16.1 Å². The number of fused-ring (bicyclic) bond motifs is 3. The number of hydrogen-bond donors (Lipinski definition) is 0. The van der Waals surface area contributed by atoms with Crippen molar-refractivity contribution < 1.29 is 8.81 Å². The van der Waals surface area contributed by atoms with Crippen LogP contribution in [0.4, 0.5) is 10.3 Å². The SMILES string of the molecule is Cn1c(=O)n(Cc2ccccc2F)c(=O)c2c1nc1n2CCCN1Cc1ccco1. The zero-order chi connectivity index (χ0) is 20.8. The fourth-order valence-corrected chi connectivity index (χ4v) is 4.01. The van der Waals surface area contributed by atoms with Crippen LogP contribution in [0, 0.1) is 5.82 Å². The van der Waals surface area contributed by atoms with Crippen LogP contribution in [-0.4, -0.2) is 25.2 Å². The lowest BCUT2D eigenvalue weighted by atomic mass is 10.2. The lowest BCUT2D eigenvalue weighted by Gasteiger charge is -2.28. The van der Waals surface area contributed by atoms with Crippen molar-refractivity contribution in [3.05, 3.63) is 80.6 Å². The molecule has 9 heteroatoms. The first-order valence-corrected chi connectivity index (χ1v) is 9.75. The Morgan fingerprint density at radius 3 is 2.70 bits per heavy atom. The average Bonchev–Trinajstić information content (AvgIpc) is 3.39. The molecular weight excluding hydrogens is 389 g/mol. The molecule has 0 aliphatic carbocycles. The molecule has 3 aromatic heterocycles. The first kappa shape index (κ1) is 18.4. The molecule has 0 saturated carbocycles. The highest BCUT2D eigenvalue weighted by atomic mass is 19.1. The van der Waals surface area contributed by atoms with E-state index in [4.69, 9.17) is 4.42 Å². The molecule has 0 atom stereocenters. The lowest BCUT2D eigenvalue weighted by molar-refractivity contribution is 0.481. The molecule has 1 aliphatic rings. The zero-order valence-electron chi connectivity index (χ0n) is 16.4. The normalized spacial score (nSPS) is 13.7. The van der Waals surface area contributed by atoms with Gasteiger partial charge in [-0.2, -0.15) is 4.98 Å². The van der Waals surface area contributed by atoms with Gasteiger partial charge in [-0.25, -0.2) is 9.18 Å². The molecule has 1 aliphatic heterocycles. The third-order valence-corrected chi connectivity index (χ3v) is 5.52. The van der Waals surface area contributed by atoms with E-state index in [0.29, 0.717) is 30.2 Å². The number of aryl methyl sites for hydroxylation is 2. The zero-order valence-corrected chi connectivity index (χ0v) is 16.4. The van der Waals surface area contributed by atoms with Crippen molar-refractivity contribution in [2.75, 3.05) is 11.4 Å². The molecule has 0 fully saturated rings. The Kier molecular flexibility index (Phi) is 4.30. The number of benzene rings is 1. The molecule has 0 N–H and O–H groups in total. The van der Waals surface area contributed by atoms with Gasteiger partial charge in [0.05, 0.1) is 19.4 Å². The van der Waals surface area contributed by atoms with Crippen molar-refractivity contribution in [1.82, 2.24) is 18.7 Å². The van der Waals surface area contributed by atoms with Crippen LogP contribution in [0.2, 0.25) is 0 Å². The van der Waals surface area contributed by atoms with Gasteiger partial charge in [-0.1, -0.05) is 18.2 Å². The molecule has 5 rings (SSSR count). The maximum atomic E-state index is 14.1. The van der Waals surface area contributed by atoms with Crippen LogP contribution in [0.1, 0.15) is 17.7 Å². The van der Waals surface area contributed by atoms with E-state index in [1.807, 2.05) is 21.6 Å². The molecule has 0 radical (unpaired) electrons. The van der Waals surface area contributed by atoms with E-state index in [9.17, 15) is 14.0 Å². The van der Waals surface area contributed by atoms with E-state index in [0.717, 1.165) is 23.3 Å². The van der Waals surface area contributed by atoms with E-state index in [1.165, 1.54) is 10.6 Å². The molecular formula is C21H20FN5O3. The van der Waals surface area contributed by atoms with Gasteiger partial charge in [-0.3, -0.25) is 13.9 Å². The standard InChI is InChI=1S/C21H20FN5O3/c1-24-18-17(19(28)27(21(24)29)12-14-6-2-3-8-16(14)22)26-10-5-9-25(20(26)23-18)13-15-7-4-11-30-15/h2-4,6-8,11H,5,9-10,12-13H2,1H3. The third kappa shape index (κ3) is 2.85. The fourth-order valence-electron chi connectivity index (χ4n) is 4.01. The largest absolute Gasteiger partial charge is 0.467 e. The topological polar surface area (TPSA) is 78.2 Å². The number of nitrogens with zero attached hydrogens (tertiary/aromatic N) is 5. The van der Waals surface area contributed by atoms with Crippen LogP contribution >= 0.6 is 0 Å². The summed E-state index contributed by atoms with van der Waals surface area (Å²) in [5.74, 6) is 0.969. The minimum atomic E-state index is -0.524. The van der Waals surface area contributed by atoms with Gasteiger partial charge in [0.25, 0.3) is 5.56 Å². The summed E-state index contributed by atoms with van der Waals surface area (Å²) in [6.45, 7) is 1.77. The summed E-state index contributed by atoms with van der Waals surface area (Å²) in [7, 11) is 1.58. The number of anilines is 1. The van der Waals surface area contributed by atoms with Gasteiger partial charge >= 0.3 is 5.69 Å². The van der Waals surface area contributed by atoms with Gasteiger partial charge in [0.1, 0.15) is 11.6 Å². The maximum Gasteiger partial charge on any atom is 0.332 e. The maximum absolute atomic E-state index is 14.1. The van der Waals surface area contributed by atoms with Crippen molar-refractivity contribution in [1.29, 1.82) is 0 Å². The number of halogens is 1. The number of imidazole rings is 1. The second-order valence-electron chi connectivity index (χ2n) is 7.41. The molecule has 0 amide bonds. The fraction of sp³-hybridized carbons (Fsp3) is 0.286. The monoisotopic (exact) mass is 409 g/mol. The highest BCUT2D eigenvalue weighted by Crippen LogP contribution is 2.26. The van der Waals surface area contributed by atoms with Crippen LogP contribution in [0.25, 0.3) is 11.2 Å².